The summed E-state index contributed by atoms with van der Waals surface area (Å²) in [6.45, 7) is 0. The summed E-state index contributed by atoms with van der Waals surface area (Å²) in [4.78, 5) is 21.6. The Hall–Kier alpha value is -1.84. The van der Waals surface area contributed by atoms with Gasteiger partial charge >= 0.3 is 11.9 Å². The van der Waals surface area contributed by atoms with Crippen LogP contribution in [0.5, 0.6) is 0 Å². The van der Waals surface area contributed by atoms with E-state index in [-0.39, 0.29) is 5.92 Å². The smallest absolute Gasteiger partial charge is 0.335 e. The van der Waals surface area contributed by atoms with Gasteiger partial charge in [0.1, 0.15) is 0 Å². The predicted molar refractivity (Wildman–Crippen MR) is 70.2 cm³/mol. The topological polar surface area (TPSA) is 74.6 Å². The number of hydrogen-bond acceptors (Lipinski definition) is 2. The first-order valence-electron chi connectivity index (χ1n) is 6.61. The summed E-state index contributed by atoms with van der Waals surface area (Å²) in [5.74, 6) is -1.24. The molecule has 2 N–H and O–H groups in total. The average molecular weight is 262 g/mol. The summed E-state index contributed by atoms with van der Waals surface area (Å²) in [7, 11) is 0. The fraction of sp³-hybridized carbons (Fsp3) is 0.467. The molecule has 0 heterocycles. The molecule has 0 unspecified atom stereocenters. The first-order chi connectivity index (χ1) is 9.06. The molecule has 0 atom stereocenters. The van der Waals surface area contributed by atoms with Gasteiger partial charge in [0, 0.05) is 0 Å². The number of aromatic carboxylic acids is 1. The summed E-state index contributed by atoms with van der Waals surface area (Å²) < 4.78 is 0. The highest BCUT2D eigenvalue weighted by Crippen LogP contribution is 2.31. The Kier molecular flexibility index (Phi) is 4.20. The highest BCUT2D eigenvalue weighted by atomic mass is 16.4. The van der Waals surface area contributed by atoms with E-state index in [9.17, 15) is 9.59 Å². The van der Waals surface area contributed by atoms with Crippen LogP contribution in [0.25, 0.3) is 0 Å². The second-order valence-corrected chi connectivity index (χ2v) is 5.26. The van der Waals surface area contributed by atoms with E-state index >= 15 is 0 Å². The lowest BCUT2D eigenvalue weighted by molar-refractivity contribution is -0.143. The van der Waals surface area contributed by atoms with Gasteiger partial charge < -0.3 is 10.2 Å². The average Bonchev–Trinajstić information content (AvgIpc) is 2.40. The SMILES string of the molecule is O=C(O)c1ccc(CC2CCC(C(=O)O)CC2)cc1. The zero-order chi connectivity index (χ0) is 13.8. The molecular formula is C15H18O4. The lowest BCUT2D eigenvalue weighted by Gasteiger charge is -2.26. The van der Waals surface area contributed by atoms with Crippen molar-refractivity contribution < 1.29 is 19.8 Å². The molecule has 1 fully saturated rings. The molecule has 0 aliphatic heterocycles. The van der Waals surface area contributed by atoms with Crippen LogP contribution in [0.4, 0.5) is 0 Å². The number of carboxylic acid groups (broad SMARTS) is 2. The number of aliphatic carboxylic acids is 1. The maximum atomic E-state index is 10.9. The summed E-state index contributed by atoms with van der Waals surface area (Å²) in [6, 6.07) is 6.96. The number of hydrogen-bond donors (Lipinski definition) is 2. The van der Waals surface area contributed by atoms with Crippen molar-refractivity contribution in [3.8, 4) is 0 Å². The summed E-state index contributed by atoms with van der Waals surface area (Å²) in [5.41, 5.74) is 1.43. The van der Waals surface area contributed by atoms with E-state index in [0.717, 1.165) is 37.7 Å². The molecule has 1 aromatic carbocycles. The van der Waals surface area contributed by atoms with Crippen LogP contribution >= 0.6 is 0 Å². The molecule has 4 nitrogen and oxygen atoms in total. The van der Waals surface area contributed by atoms with Gasteiger partial charge in [-0.05, 0) is 55.7 Å². The zero-order valence-corrected chi connectivity index (χ0v) is 10.7. The van der Waals surface area contributed by atoms with Crippen LogP contribution in [0.1, 0.15) is 41.6 Å². The first-order valence-corrected chi connectivity index (χ1v) is 6.61. The molecule has 102 valence electrons. The van der Waals surface area contributed by atoms with E-state index in [1.807, 2.05) is 12.1 Å². The molecule has 4 heteroatoms. The monoisotopic (exact) mass is 262 g/mol. The molecule has 0 amide bonds. The minimum absolute atomic E-state index is 0.175. The van der Waals surface area contributed by atoms with Gasteiger partial charge in [0.2, 0.25) is 0 Å². The van der Waals surface area contributed by atoms with Gasteiger partial charge in [-0.1, -0.05) is 12.1 Å². The van der Waals surface area contributed by atoms with Gasteiger partial charge in [-0.15, -0.1) is 0 Å². The second kappa shape index (κ2) is 5.87. The zero-order valence-electron chi connectivity index (χ0n) is 10.7. The molecule has 0 bridgehead atoms. The van der Waals surface area contributed by atoms with Crippen molar-refractivity contribution in [1.29, 1.82) is 0 Å². The van der Waals surface area contributed by atoms with E-state index in [0.29, 0.717) is 11.5 Å². The highest BCUT2D eigenvalue weighted by Gasteiger charge is 2.25. The molecule has 2 rings (SSSR count). The lowest BCUT2D eigenvalue weighted by Crippen LogP contribution is -2.22. The summed E-state index contributed by atoms with van der Waals surface area (Å²) in [6.07, 6.45) is 4.31. The third-order valence-corrected chi connectivity index (χ3v) is 3.92. The lowest BCUT2D eigenvalue weighted by atomic mass is 9.79. The highest BCUT2D eigenvalue weighted by molar-refractivity contribution is 5.87. The van der Waals surface area contributed by atoms with Crippen LogP contribution < -0.4 is 0 Å². The van der Waals surface area contributed by atoms with Gasteiger partial charge in [0.15, 0.2) is 0 Å². The van der Waals surface area contributed by atoms with Gasteiger partial charge in [-0.25, -0.2) is 4.79 Å². The number of carboxylic acids is 2. The van der Waals surface area contributed by atoms with Crippen molar-refractivity contribution in [2.75, 3.05) is 0 Å². The van der Waals surface area contributed by atoms with Crippen molar-refractivity contribution in [1.82, 2.24) is 0 Å². The van der Waals surface area contributed by atoms with Crippen molar-refractivity contribution in [3.63, 3.8) is 0 Å². The fourth-order valence-corrected chi connectivity index (χ4v) is 2.73. The van der Waals surface area contributed by atoms with Crippen LogP contribution in [0.15, 0.2) is 24.3 Å². The standard InChI is InChI=1S/C15H18O4/c16-14(17)12-5-1-10(2-6-12)9-11-3-7-13(8-4-11)15(18)19/h1-2,5-6,11,13H,3-4,7-9H2,(H,16,17)(H,18,19). The number of carbonyl (C=O) groups is 2. The first kappa shape index (κ1) is 13.6. The van der Waals surface area contributed by atoms with Gasteiger partial charge in [0.25, 0.3) is 0 Å². The Morgan fingerprint density at radius 2 is 1.58 bits per heavy atom. The molecule has 1 saturated carbocycles. The Morgan fingerprint density at radius 3 is 2.05 bits per heavy atom. The minimum atomic E-state index is -0.909. The van der Waals surface area contributed by atoms with E-state index in [1.54, 1.807) is 12.1 Å². The maximum absolute atomic E-state index is 10.9. The molecule has 0 saturated heterocycles. The van der Waals surface area contributed by atoms with Crippen LogP contribution in [-0.4, -0.2) is 22.2 Å². The molecular weight excluding hydrogens is 244 g/mol. The van der Waals surface area contributed by atoms with Gasteiger partial charge in [-0.2, -0.15) is 0 Å². The van der Waals surface area contributed by atoms with Crippen LogP contribution in [0, 0.1) is 11.8 Å². The summed E-state index contributed by atoms with van der Waals surface area (Å²) in [5, 5.41) is 17.8. The Labute approximate surface area is 112 Å². The third kappa shape index (κ3) is 3.56. The van der Waals surface area contributed by atoms with E-state index < -0.39 is 11.9 Å². The van der Waals surface area contributed by atoms with E-state index in [2.05, 4.69) is 0 Å². The molecule has 0 spiro atoms. The quantitative estimate of drug-likeness (QED) is 0.875. The normalized spacial score (nSPS) is 22.9. The van der Waals surface area contributed by atoms with E-state index in [4.69, 9.17) is 10.2 Å². The summed E-state index contributed by atoms with van der Waals surface area (Å²) >= 11 is 0. The minimum Gasteiger partial charge on any atom is -0.481 e. The Balaban J connectivity index is 1.88. The van der Waals surface area contributed by atoms with Crippen molar-refractivity contribution in [3.05, 3.63) is 35.4 Å². The van der Waals surface area contributed by atoms with Crippen molar-refractivity contribution >= 4 is 11.9 Å². The number of benzene rings is 1. The predicted octanol–water partition coefficient (Wildman–Crippen LogP) is 2.82. The van der Waals surface area contributed by atoms with Crippen molar-refractivity contribution in [2.24, 2.45) is 11.8 Å². The molecule has 0 aromatic heterocycles. The van der Waals surface area contributed by atoms with E-state index in [1.165, 1.54) is 0 Å². The van der Waals surface area contributed by atoms with Crippen LogP contribution in [0.3, 0.4) is 0 Å². The van der Waals surface area contributed by atoms with Gasteiger partial charge in [0.05, 0.1) is 11.5 Å². The number of rotatable bonds is 4. The molecule has 0 radical (unpaired) electrons. The Morgan fingerprint density at radius 1 is 1.00 bits per heavy atom. The largest absolute Gasteiger partial charge is 0.481 e. The second-order valence-electron chi connectivity index (χ2n) is 5.26. The third-order valence-electron chi connectivity index (χ3n) is 3.92. The van der Waals surface area contributed by atoms with Gasteiger partial charge in [-0.3, -0.25) is 4.79 Å². The van der Waals surface area contributed by atoms with Crippen molar-refractivity contribution in [2.45, 2.75) is 32.1 Å². The van der Waals surface area contributed by atoms with Crippen LogP contribution in [-0.2, 0) is 11.2 Å². The molecule has 1 aromatic rings. The molecule has 1 aliphatic carbocycles. The molecule has 1 aliphatic rings. The Bertz CT molecular complexity index is 456. The van der Waals surface area contributed by atoms with Crippen LogP contribution in [0.2, 0.25) is 0 Å². The molecule has 19 heavy (non-hydrogen) atoms. The fourth-order valence-electron chi connectivity index (χ4n) is 2.73. The maximum Gasteiger partial charge on any atom is 0.335 e.